The second-order valence-electron chi connectivity index (χ2n) is 5.73. The van der Waals surface area contributed by atoms with Crippen LogP contribution in [0, 0.1) is 5.82 Å². The number of hydrogen-bond donors (Lipinski definition) is 1. The van der Waals surface area contributed by atoms with Gasteiger partial charge in [-0.15, -0.1) is 0 Å². The van der Waals surface area contributed by atoms with Crippen molar-refractivity contribution in [1.82, 2.24) is 9.55 Å². The summed E-state index contributed by atoms with van der Waals surface area (Å²) in [4.78, 5) is 13.5. The van der Waals surface area contributed by atoms with E-state index in [0.717, 1.165) is 11.0 Å². The minimum atomic E-state index is -0.380. The summed E-state index contributed by atoms with van der Waals surface area (Å²) in [6.07, 6.45) is 1.86. The van der Waals surface area contributed by atoms with E-state index in [9.17, 15) is 4.39 Å². The summed E-state index contributed by atoms with van der Waals surface area (Å²) in [5.74, 6) is 0.674. The number of rotatable bonds is 1. The third-order valence-corrected chi connectivity index (χ3v) is 4.49. The molecule has 3 aromatic rings. The van der Waals surface area contributed by atoms with Gasteiger partial charge in [0, 0.05) is 10.6 Å². The standard InChI is InChI=1S/C18H15ClFN5/c1-2-13-18-24-14-7-6-10(19)8-15(14)25(18)16-11(4-3-5-12(16)20)17(23-13)22-9-21/h3-9,13H,2H2,1H3,(H2,21,22,23). The molecule has 5 nitrogen and oxygen atoms in total. The number of aromatic nitrogens is 2. The minimum Gasteiger partial charge on any atom is -0.390 e. The van der Waals surface area contributed by atoms with E-state index in [2.05, 4.69) is 15.0 Å². The van der Waals surface area contributed by atoms with Crippen LogP contribution in [0.15, 0.2) is 46.4 Å². The summed E-state index contributed by atoms with van der Waals surface area (Å²) in [6, 6.07) is 9.94. The number of para-hydroxylation sites is 1. The molecule has 7 heteroatoms. The van der Waals surface area contributed by atoms with Crippen LogP contribution in [0.1, 0.15) is 30.8 Å². The largest absolute Gasteiger partial charge is 0.390 e. The van der Waals surface area contributed by atoms with Gasteiger partial charge in [0.25, 0.3) is 0 Å². The molecule has 0 fully saturated rings. The molecule has 0 radical (unpaired) electrons. The SMILES string of the molecule is CCC1N=C(N=CN)c2cccc(F)c2-n2c1nc1ccc(Cl)cc12. The molecule has 25 heavy (non-hydrogen) atoms. The predicted octanol–water partition coefficient (Wildman–Crippen LogP) is 4.02. The predicted molar refractivity (Wildman–Crippen MR) is 98.3 cm³/mol. The van der Waals surface area contributed by atoms with Crippen LogP contribution in [0.4, 0.5) is 4.39 Å². The van der Waals surface area contributed by atoms with Crippen LogP contribution in [-0.2, 0) is 0 Å². The molecule has 1 atom stereocenters. The van der Waals surface area contributed by atoms with Crippen LogP contribution in [-0.4, -0.2) is 21.7 Å². The fourth-order valence-electron chi connectivity index (χ4n) is 3.17. The second kappa shape index (κ2) is 5.97. The molecule has 0 aliphatic carbocycles. The first-order valence-corrected chi connectivity index (χ1v) is 8.31. The van der Waals surface area contributed by atoms with E-state index in [1.807, 2.05) is 13.0 Å². The molecule has 1 aliphatic rings. The van der Waals surface area contributed by atoms with Gasteiger partial charge >= 0.3 is 0 Å². The monoisotopic (exact) mass is 355 g/mol. The average molecular weight is 356 g/mol. The van der Waals surface area contributed by atoms with Crippen molar-refractivity contribution in [1.29, 1.82) is 0 Å². The zero-order chi connectivity index (χ0) is 17.6. The Morgan fingerprint density at radius 1 is 1.36 bits per heavy atom. The lowest BCUT2D eigenvalue weighted by Gasteiger charge is -2.13. The minimum absolute atomic E-state index is 0.267. The van der Waals surface area contributed by atoms with E-state index < -0.39 is 0 Å². The lowest BCUT2D eigenvalue weighted by atomic mass is 10.1. The van der Waals surface area contributed by atoms with E-state index >= 15 is 0 Å². The van der Waals surface area contributed by atoms with Crippen molar-refractivity contribution in [3.63, 3.8) is 0 Å². The quantitative estimate of drug-likeness (QED) is 0.529. The van der Waals surface area contributed by atoms with Gasteiger partial charge in [0.1, 0.15) is 17.7 Å². The van der Waals surface area contributed by atoms with E-state index in [1.165, 1.54) is 12.4 Å². The van der Waals surface area contributed by atoms with Crippen molar-refractivity contribution >= 4 is 34.8 Å². The fourth-order valence-corrected chi connectivity index (χ4v) is 3.34. The number of amidine groups is 1. The smallest absolute Gasteiger partial charge is 0.159 e. The van der Waals surface area contributed by atoms with Crippen LogP contribution < -0.4 is 5.73 Å². The van der Waals surface area contributed by atoms with E-state index in [4.69, 9.17) is 17.3 Å². The Morgan fingerprint density at radius 2 is 2.20 bits per heavy atom. The topological polar surface area (TPSA) is 68.6 Å². The first kappa shape index (κ1) is 15.8. The van der Waals surface area contributed by atoms with E-state index in [-0.39, 0.29) is 11.9 Å². The molecule has 0 bridgehead atoms. The van der Waals surface area contributed by atoms with Crippen molar-refractivity contribution in [3.05, 3.63) is 58.6 Å². The second-order valence-corrected chi connectivity index (χ2v) is 6.17. The number of hydrogen-bond acceptors (Lipinski definition) is 3. The maximum absolute atomic E-state index is 14.9. The summed E-state index contributed by atoms with van der Waals surface area (Å²) in [6.45, 7) is 2.00. The maximum Gasteiger partial charge on any atom is 0.159 e. The third-order valence-electron chi connectivity index (χ3n) is 4.25. The highest BCUT2D eigenvalue weighted by Gasteiger charge is 2.28. The summed E-state index contributed by atoms with van der Waals surface area (Å²) < 4.78 is 16.7. The number of benzene rings is 2. The fraction of sp³-hybridized carbons (Fsp3) is 0.167. The zero-order valence-corrected chi connectivity index (χ0v) is 14.2. The molecule has 2 aromatic carbocycles. The molecular weight excluding hydrogens is 341 g/mol. The van der Waals surface area contributed by atoms with Gasteiger partial charge in [-0.3, -0.25) is 9.56 Å². The van der Waals surface area contributed by atoms with Crippen LogP contribution in [0.5, 0.6) is 0 Å². The molecule has 1 unspecified atom stereocenters. The van der Waals surface area contributed by atoms with Crippen LogP contribution >= 0.6 is 11.6 Å². The summed E-state index contributed by atoms with van der Waals surface area (Å²) in [5.41, 5.74) is 7.89. The van der Waals surface area contributed by atoms with Gasteiger partial charge in [-0.2, -0.15) is 0 Å². The van der Waals surface area contributed by atoms with E-state index in [0.29, 0.717) is 34.4 Å². The molecule has 0 saturated heterocycles. The Hall–Kier alpha value is -2.73. The number of nitrogens with zero attached hydrogens (tertiary/aromatic N) is 4. The first-order valence-electron chi connectivity index (χ1n) is 7.93. The molecular formula is C18H15ClFN5. The average Bonchev–Trinajstić information content (AvgIpc) is 2.90. The zero-order valence-electron chi connectivity index (χ0n) is 13.4. The maximum atomic E-state index is 14.9. The normalized spacial score (nSPS) is 16.6. The molecule has 126 valence electrons. The Balaban J connectivity index is 2.17. The van der Waals surface area contributed by atoms with Gasteiger partial charge in [-0.25, -0.2) is 14.4 Å². The summed E-state index contributed by atoms with van der Waals surface area (Å²) in [7, 11) is 0. The Kier molecular flexibility index (Phi) is 3.77. The van der Waals surface area contributed by atoms with Gasteiger partial charge in [-0.05, 0) is 36.8 Å². The summed E-state index contributed by atoms with van der Waals surface area (Å²) >= 11 is 6.17. The van der Waals surface area contributed by atoms with Crippen molar-refractivity contribution in [2.45, 2.75) is 19.4 Å². The van der Waals surface area contributed by atoms with Gasteiger partial charge in [-0.1, -0.05) is 24.6 Å². The van der Waals surface area contributed by atoms with Crippen molar-refractivity contribution < 1.29 is 4.39 Å². The first-order chi connectivity index (χ1) is 12.1. The van der Waals surface area contributed by atoms with Crippen molar-refractivity contribution in [2.24, 2.45) is 15.7 Å². The van der Waals surface area contributed by atoms with Gasteiger partial charge in [0.2, 0.25) is 0 Å². The number of nitrogens with two attached hydrogens (primary N) is 1. The van der Waals surface area contributed by atoms with Gasteiger partial charge in [0.05, 0.1) is 23.1 Å². The highest BCUT2D eigenvalue weighted by Crippen LogP contribution is 2.36. The summed E-state index contributed by atoms with van der Waals surface area (Å²) in [5, 5.41) is 0.562. The molecule has 4 rings (SSSR count). The molecule has 2 heterocycles. The molecule has 1 aliphatic heterocycles. The Bertz CT molecular complexity index is 1040. The number of fused-ring (bicyclic) bond motifs is 5. The van der Waals surface area contributed by atoms with Crippen LogP contribution in [0.2, 0.25) is 5.02 Å². The molecule has 0 saturated carbocycles. The highest BCUT2D eigenvalue weighted by molar-refractivity contribution is 6.31. The molecule has 0 amide bonds. The van der Waals surface area contributed by atoms with E-state index in [1.54, 1.807) is 28.8 Å². The van der Waals surface area contributed by atoms with Gasteiger partial charge in [0.15, 0.2) is 5.84 Å². The number of imidazole rings is 1. The molecule has 1 aromatic heterocycles. The van der Waals surface area contributed by atoms with Crippen LogP contribution in [0.3, 0.4) is 0 Å². The number of aliphatic imine (C=N–C) groups is 2. The molecule has 0 spiro atoms. The lowest BCUT2D eigenvalue weighted by molar-refractivity contribution is 0.606. The van der Waals surface area contributed by atoms with Crippen molar-refractivity contribution in [2.75, 3.05) is 0 Å². The van der Waals surface area contributed by atoms with Crippen LogP contribution in [0.25, 0.3) is 16.7 Å². The Morgan fingerprint density at radius 3 is 2.96 bits per heavy atom. The third kappa shape index (κ3) is 2.41. The number of halogens is 2. The molecule has 2 N–H and O–H groups in total. The highest BCUT2D eigenvalue weighted by atomic mass is 35.5. The Labute approximate surface area is 148 Å². The lowest BCUT2D eigenvalue weighted by Crippen LogP contribution is -2.08. The van der Waals surface area contributed by atoms with Gasteiger partial charge < -0.3 is 5.73 Å². The van der Waals surface area contributed by atoms with Crippen molar-refractivity contribution in [3.8, 4) is 5.69 Å².